The fraction of sp³-hybridized carbons (Fsp3) is 0.500. The second-order valence-corrected chi connectivity index (χ2v) is 4.99. The van der Waals surface area contributed by atoms with Gasteiger partial charge in [-0.1, -0.05) is 0 Å². The van der Waals surface area contributed by atoms with Crippen LogP contribution in [0.15, 0.2) is 18.5 Å². The fourth-order valence-corrected chi connectivity index (χ4v) is 1.23. The first-order valence-electron chi connectivity index (χ1n) is 6.01. The number of carbonyl (C=O) groups is 2. The van der Waals surface area contributed by atoms with Crippen LogP contribution in [0.3, 0.4) is 0 Å². The smallest absolute Gasteiger partial charge is 0.408 e. The topological polar surface area (TPSA) is 113 Å². The number of aliphatic carboxylic acids is 1. The maximum atomic E-state index is 11.5. The van der Waals surface area contributed by atoms with Crippen molar-refractivity contribution in [3.63, 3.8) is 0 Å². The van der Waals surface area contributed by atoms with E-state index in [1.807, 2.05) is 0 Å². The minimum absolute atomic E-state index is 0.0570. The number of nitrogens with zero attached hydrogens (tertiary/aromatic N) is 2. The van der Waals surface area contributed by atoms with Crippen molar-refractivity contribution in [2.24, 2.45) is 0 Å². The lowest BCUT2D eigenvalue weighted by molar-refractivity contribution is -0.139. The molecular formula is C12H18N4O4. The molecule has 0 spiro atoms. The molecule has 0 saturated heterocycles. The standard InChI is InChI=1S/C12H18N4O4/c1-12(2,3)20-11(19)16-8(9(17)18)7-15-10-13-5-4-6-14-10/h4-6,8H,7H2,1-3H3,(H,16,19)(H,17,18)(H,13,14,15)/t8-/m1/s1. The van der Waals surface area contributed by atoms with Gasteiger partial charge >= 0.3 is 12.1 Å². The number of ether oxygens (including phenoxy) is 1. The summed E-state index contributed by atoms with van der Waals surface area (Å²) in [4.78, 5) is 30.4. The molecule has 0 radical (unpaired) electrons. The summed E-state index contributed by atoms with van der Waals surface area (Å²) in [5.74, 6) is -0.899. The van der Waals surface area contributed by atoms with Crippen molar-refractivity contribution >= 4 is 18.0 Å². The highest BCUT2D eigenvalue weighted by Crippen LogP contribution is 2.06. The number of anilines is 1. The Morgan fingerprint density at radius 3 is 2.45 bits per heavy atom. The van der Waals surface area contributed by atoms with Crippen LogP contribution >= 0.6 is 0 Å². The van der Waals surface area contributed by atoms with Crippen LogP contribution in [0.1, 0.15) is 20.8 Å². The molecule has 20 heavy (non-hydrogen) atoms. The van der Waals surface area contributed by atoms with E-state index in [9.17, 15) is 9.59 Å². The maximum absolute atomic E-state index is 11.5. The van der Waals surface area contributed by atoms with Crippen molar-refractivity contribution in [1.29, 1.82) is 0 Å². The zero-order chi connectivity index (χ0) is 15.2. The van der Waals surface area contributed by atoms with E-state index < -0.39 is 23.7 Å². The van der Waals surface area contributed by atoms with E-state index in [1.54, 1.807) is 26.8 Å². The first-order valence-corrected chi connectivity index (χ1v) is 6.01. The third-order valence-electron chi connectivity index (χ3n) is 2.02. The van der Waals surface area contributed by atoms with Crippen molar-refractivity contribution in [2.75, 3.05) is 11.9 Å². The lowest BCUT2D eigenvalue weighted by Gasteiger charge is -2.22. The van der Waals surface area contributed by atoms with Crippen molar-refractivity contribution in [1.82, 2.24) is 15.3 Å². The number of hydrogen-bond donors (Lipinski definition) is 3. The molecule has 0 aliphatic rings. The van der Waals surface area contributed by atoms with Gasteiger partial charge in [-0.3, -0.25) is 0 Å². The van der Waals surface area contributed by atoms with Gasteiger partial charge < -0.3 is 20.5 Å². The largest absolute Gasteiger partial charge is 0.480 e. The summed E-state index contributed by atoms with van der Waals surface area (Å²) in [6.07, 6.45) is 2.25. The number of alkyl carbamates (subject to hydrolysis) is 1. The molecule has 0 aromatic carbocycles. The first-order chi connectivity index (χ1) is 9.28. The monoisotopic (exact) mass is 282 g/mol. The number of carboxylic acid groups (broad SMARTS) is 1. The summed E-state index contributed by atoms with van der Waals surface area (Å²) in [6.45, 7) is 5.02. The number of nitrogens with one attached hydrogen (secondary N) is 2. The van der Waals surface area contributed by atoms with Crippen molar-refractivity contribution in [3.05, 3.63) is 18.5 Å². The molecule has 1 amide bonds. The SMILES string of the molecule is CC(C)(C)OC(=O)N[C@H](CNc1ncccn1)C(=O)O. The highest BCUT2D eigenvalue weighted by atomic mass is 16.6. The maximum Gasteiger partial charge on any atom is 0.408 e. The van der Waals surface area contributed by atoms with Gasteiger partial charge in [0, 0.05) is 18.9 Å². The number of aromatic nitrogens is 2. The Hall–Kier alpha value is -2.38. The van der Waals surface area contributed by atoms with Gasteiger partial charge in [0.2, 0.25) is 5.95 Å². The molecular weight excluding hydrogens is 264 g/mol. The highest BCUT2D eigenvalue weighted by Gasteiger charge is 2.23. The Labute approximate surface area is 116 Å². The minimum atomic E-state index is -1.18. The molecule has 0 aliphatic heterocycles. The Morgan fingerprint density at radius 2 is 1.95 bits per heavy atom. The van der Waals surface area contributed by atoms with E-state index in [0.717, 1.165) is 0 Å². The quantitative estimate of drug-likeness (QED) is 0.734. The Balaban J connectivity index is 2.53. The summed E-state index contributed by atoms with van der Waals surface area (Å²) in [6, 6.07) is 0.493. The Bertz CT molecular complexity index is 458. The molecule has 1 aromatic rings. The van der Waals surface area contributed by atoms with Gasteiger partial charge in [0.1, 0.15) is 11.6 Å². The molecule has 3 N–H and O–H groups in total. The van der Waals surface area contributed by atoms with Crippen LogP contribution in [0.25, 0.3) is 0 Å². The number of amides is 1. The Kier molecular flexibility index (Phi) is 5.24. The molecule has 110 valence electrons. The summed E-state index contributed by atoms with van der Waals surface area (Å²) in [5.41, 5.74) is -0.691. The molecule has 8 nitrogen and oxygen atoms in total. The van der Waals surface area contributed by atoms with E-state index in [-0.39, 0.29) is 12.5 Å². The van der Waals surface area contributed by atoms with Crippen molar-refractivity contribution < 1.29 is 19.4 Å². The zero-order valence-corrected chi connectivity index (χ0v) is 11.6. The summed E-state index contributed by atoms with van der Waals surface area (Å²) < 4.78 is 5.00. The predicted octanol–water partition coefficient (Wildman–Crippen LogP) is 0.866. The lowest BCUT2D eigenvalue weighted by Crippen LogP contribution is -2.47. The van der Waals surface area contributed by atoms with Crippen LogP contribution in [0, 0.1) is 0 Å². The van der Waals surface area contributed by atoms with Crippen molar-refractivity contribution in [2.45, 2.75) is 32.4 Å². The van der Waals surface area contributed by atoms with Gasteiger partial charge in [-0.05, 0) is 26.8 Å². The summed E-state index contributed by atoms with van der Waals surface area (Å²) in [5, 5.41) is 14.0. The molecule has 1 rings (SSSR count). The van der Waals surface area contributed by atoms with Crippen LogP contribution in [0.5, 0.6) is 0 Å². The third-order valence-corrected chi connectivity index (χ3v) is 2.02. The molecule has 0 saturated carbocycles. The van der Waals surface area contributed by atoms with Gasteiger partial charge in [0.05, 0.1) is 0 Å². The average molecular weight is 282 g/mol. The number of rotatable bonds is 5. The third kappa shape index (κ3) is 5.98. The number of carboxylic acids is 1. The predicted molar refractivity (Wildman–Crippen MR) is 71.3 cm³/mol. The first kappa shape index (κ1) is 15.7. The van der Waals surface area contributed by atoms with Crippen LogP contribution in [0.4, 0.5) is 10.7 Å². The molecule has 1 atom stereocenters. The summed E-state index contributed by atoms with van der Waals surface area (Å²) in [7, 11) is 0. The van der Waals surface area contributed by atoms with Crippen LogP contribution in [0.2, 0.25) is 0 Å². The molecule has 0 fully saturated rings. The fourth-order valence-electron chi connectivity index (χ4n) is 1.23. The second-order valence-electron chi connectivity index (χ2n) is 4.99. The molecule has 1 heterocycles. The average Bonchev–Trinajstić information content (AvgIpc) is 2.33. The van der Waals surface area contributed by atoms with Crippen LogP contribution < -0.4 is 10.6 Å². The van der Waals surface area contributed by atoms with E-state index in [1.165, 1.54) is 12.4 Å². The van der Waals surface area contributed by atoms with Crippen LogP contribution in [-0.2, 0) is 9.53 Å². The van der Waals surface area contributed by atoms with Gasteiger partial charge in [-0.2, -0.15) is 0 Å². The molecule has 0 bridgehead atoms. The number of hydrogen-bond acceptors (Lipinski definition) is 6. The molecule has 1 aromatic heterocycles. The van der Waals surface area contributed by atoms with Gasteiger partial charge in [-0.25, -0.2) is 19.6 Å². The van der Waals surface area contributed by atoms with Crippen molar-refractivity contribution in [3.8, 4) is 0 Å². The highest BCUT2D eigenvalue weighted by molar-refractivity contribution is 5.80. The van der Waals surface area contributed by atoms with E-state index in [0.29, 0.717) is 0 Å². The second kappa shape index (κ2) is 6.69. The van der Waals surface area contributed by atoms with E-state index >= 15 is 0 Å². The molecule has 8 heteroatoms. The summed E-state index contributed by atoms with van der Waals surface area (Å²) >= 11 is 0. The normalized spacial score (nSPS) is 12.3. The van der Waals surface area contributed by atoms with Gasteiger partial charge in [0.15, 0.2) is 0 Å². The molecule has 0 aliphatic carbocycles. The van der Waals surface area contributed by atoms with E-state index in [4.69, 9.17) is 9.84 Å². The molecule has 0 unspecified atom stereocenters. The van der Waals surface area contributed by atoms with Gasteiger partial charge in [-0.15, -0.1) is 0 Å². The lowest BCUT2D eigenvalue weighted by atomic mass is 10.2. The Morgan fingerprint density at radius 1 is 1.35 bits per heavy atom. The number of carbonyl (C=O) groups excluding carboxylic acids is 1. The van der Waals surface area contributed by atoms with Gasteiger partial charge in [0.25, 0.3) is 0 Å². The van der Waals surface area contributed by atoms with E-state index in [2.05, 4.69) is 20.6 Å². The zero-order valence-electron chi connectivity index (χ0n) is 11.6. The minimum Gasteiger partial charge on any atom is -0.480 e. The van der Waals surface area contributed by atoms with Crippen LogP contribution in [-0.4, -0.2) is 45.3 Å².